The number of hydrogen-bond donors (Lipinski definition) is 2. The van der Waals surface area contributed by atoms with Gasteiger partial charge in [0.2, 0.25) is 0 Å². The normalized spacial score (nSPS) is 10.5. The van der Waals surface area contributed by atoms with Gasteiger partial charge in [-0.15, -0.1) is 0 Å². The highest BCUT2D eigenvalue weighted by molar-refractivity contribution is 6.39. The first-order valence-electron chi connectivity index (χ1n) is 5.39. The SMILES string of the molecule is Nc1cc(Cl)c(NCc2ccc(F)c(F)c2)c(Cl)c1. The van der Waals surface area contributed by atoms with Crippen molar-refractivity contribution in [2.24, 2.45) is 0 Å². The van der Waals surface area contributed by atoms with Crippen molar-refractivity contribution in [3.05, 3.63) is 57.6 Å². The van der Waals surface area contributed by atoms with E-state index in [9.17, 15) is 8.78 Å². The quantitative estimate of drug-likeness (QED) is 0.821. The predicted octanol–water partition coefficient (Wildman–Crippen LogP) is 4.47. The van der Waals surface area contributed by atoms with Crippen LogP contribution in [0.5, 0.6) is 0 Å². The number of rotatable bonds is 3. The highest BCUT2D eigenvalue weighted by Crippen LogP contribution is 2.33. The molecule has 0 bridgehead atoms. The van der Waals surface area contributed by atoms with Crippen LogP contribution in [0.2, 0.25) is 10.0 Å². The fourth-order valence-corrected chi connectivity index (χ4v) is 2.24. The van der Waals surface area contributed by atoms with Gasteiger partial charge in [0.15, 0.2) is 11.6 Å². The van der Waals surface area contributed by atoms with E-state index in [1.807, 2.05) is 0 Å². The Morgan fingerprint density at radius 2 is 1.63 bits per heavy atom. The summed E-state index contributed by atoms with van der Waals surface area (Å²) in [6, 6.07) is 6.77. The zero-order valence-corrected chi connectivity index (χ0v) is 11.2. The highest BCUT2D eigenvalue weighted by atomic mass is 35.5. The molecule has 3 N–H and O–H groups in total. The summed E-state index contributed by atoms with van der Waals surface area (Å²) in [6.07, 6.45) is 0. The van der Waals surface area contributed by atoms with Crippen molar-refractivity contribution < 1.29 is 8.78 Å². The minimum atomic E-state index is -0.895. The molecule has 0 unspecified atom stereocenters. The van der Waals surface area contributed by atoms with Gasteiger partial charge >= 0.3 is 0 Å². The van der Waals surface area contributed by atoms with Gasteiger partial charge in [-0.3, -0.25) is 0 Å². The Morgan fingerprint density at radius 1 is 1.00 bits per heavy atom. The van der Waals surface area contributed by atoms with Gasteiger partial charge in [0.25, 0.3) is 0 Å². The monoisotopic (exact) mass is 302 g/mol. The van der Waals surface area contributed by atoms with E-state index in [-0.39, 0.29) is 6.54 Å². The van der Waals surface area contributed by atoms with Crippen LogP contribution in [-0.2, 0) is 6.54 Å². The molecule has 0 amide bonds. The number of anilines is 2. The van der Waals surface area contributed by atoms with Gasteiger partial charge < -0.3 is 11.1 Å². The summed E-state index contributed by atoms with van der Waals surface area (Å²) >= 11 is 12.0. The third-order valence-electron chi connectivity index (χ3n) is 2.52. The molecule has 0 atom stereocenters. The van der Waals surface area contributed by atoms with Crippen molar-refractivity contribution in [3.8, 4) is 0 Å². The Kier molecular flexibility index (Phi) is 4.12. The highest BCUT2D eigenvalue weighted by Gasteiger charge is 2.08. The first-order valence-corrected chi connectivity index (χ1v) is 6.15. The minimum absolute atomic E-state index is 0.264. The summed E-state index contributed by atoms with van der Waals surface area (Å²) in [5.41, 5.74) is 7.11. The second kappa shape index (κ2) is 5.63. The van der Waals surface area contributed by atoms with Crippen LogP contribution in [-0.4, -0.2) is 0 Å². The van der Waals surface area contributed by atoms with E-state index in [2.05, 4.69) is 5.32 Å². The Hall–Kier alpha value is -1.52. The van der Waals surface area contributed by atoms with Crippen molar-refractivity contribution in [3.63, 3.8) is 0 Å². The molecule has 0 radical (unpaired) electrons. The molecule has 2 nitrogen and oxygen atoms in total. The average molecular weight is 303 g/mol. The summed E-state index contributed by atoms with van der Waals surface area (Å²) in [7, 11) is 0. The van der Waals surface area contributed by atoms with Crippen molar-refractivity contribution in [1.82, 2.24) is 0 Å². The van der Waals surface area contributed by atoms with E-state index >= 15 is 0 Å². The van der Waals surface area contributed by atoms with E-state index in [0.717, 1.165) is 12.1 Å². The van der Waals surface area contributed by atoms with E-state index < -0.39 is 11.6 Å². The number of nitrogens with two attached hydrogens (primary N) is 1. The molecule has 0 aliphatic carbocycles. The second-order valence-corrected chi connectivity index (χ2v) is 4.78. The fraction of sp³-hybridized carbons (Fsp3) is 0.0769. The third-order valence-corrected chi connectivity index (χ3v) is 3.11. The molecule has 0 aliphatic heterocycles. The molecule has 6 heteroatoms. The molecule has 100 valence electrons. The predicted molar refractivity (Wildman–Crippen MR) is 74.6 cm³/mol. The second-order valence-electron chi connectivity index (χ2n) is 3.96. The van der Waals surface area contributed by atoms with Gasteiger partial charge in [-0.05, 0) is 29.8 Å². The zero-order valence-electron chi connectivity index (χ0n) is 9.68. The largest absolute Gasteiger partial charge is 0.399 e. The van der Waals surface area contributed by atoms with E-state index in [1.54, 1.807) is 12.1 Å². The van der Waals surface area contributed by atoms with Crippen LogP contribution < -0.4 is 11.1 Å². The summed E-state index contributed by atoms with van der Waals surface area (Å²) in [4.78, 5) is 0. The van der Waals surface area contributed by atoms with Crippen LogP contribution in [0.4, 0.5) is 20.2 Å². The number of halogens is 4. The molecule has 0 heterocycles. The third kappa shape index (κ3) is 3.28. The summed E-state index contributed by atoms with van der Waals surface area (Å²) < 4.78 is 25.8. The van der Waals surface area contributed by atoms with Gasteiger partial charge in [0, 0.05) is 12.2 Å². The number of nitrogens with one attached hydrogen (secondary N) is 1. The molecule has 0 aliphatic rings. The molecular weight excluding hydrogens is 293 g/mol. The standard InChI is InChI=1S/C13H10Cl2F2N2/c14-9-4-8(18)5-10(15)13(9)19-6-7-1-2-11(16)12(17)3-7/h1-5,19H,6,18H2. The van der Waals surface area contributed by atoms with Gasteiger partial charge in [0.05, 0.1) is 15.7 Å². The van der Waals surface area contributed by atoms with Crippen molar-refractivity contribution in [2.45, 2.75) is 6.54 Å². The first kappa shape index (κ1) is 13.9. The molecule has 0 saturated carbocycles. The maximum atomic E-state index is 13.0. The van der Waals surface area contributed by atoms with Crippen LogP contribution in [0.1, 0.15) is 5.56 Å². The minimum Gasteiger partial charge on any atom is -0.399 e. The lowest BCUT2D eigenvalue weighted by Crippen LogP contribution is -2.02. The Balaban J connectivity index is 2.16. The van der Waals surface area contributed by atoms with E-state index in [0.29, 0.717) is 27.0 Å². The van der Waals surface area contributed by atoms with Crippen LogP contribution in [0, 0.1) is 11.6 Å². The number of hydrogen-bond acceptors (Lipinski definition) is 2. The number of nitrogen functional groups attached to an aromatic ring is 1. The van der Waals surface area contributed by atoms with Crippen LogP contribution >= 0.6 is 23.2 Å². The van der Waals surface area contributed by atoms with E-state index in [4.69, 9.17) is 28.9 Å². The topological polar surface area (TPSA) is 38.0 Å². The Morgan fingerprint density at radius 3 is 2.21 bits per heavy atom. The molecule has 2 aromatic rings. The summed E-state index contributed by atoms with van der Waals surface area (Å²) in [5.74, 6) is -1.78. The zero-order chi connectivity index (χ0) is 14.0. The van der Waals surface area contributed by atoms with Crippen molar-refractivity contribution in [1.29, 1.82) is 0 Å². The molecule has 0 saturated heterocycles. The summed E-state index contributed by atoms with van der Waals surface area (Å²) in [5, 5.41) is 3.70. The van der Waals surface area contributed by atoms with Crippen LogP contribution in [0.3, 0.4) is 0 Å². The molecule has 19 heavy (non-hydrogen) atoms. The van der Waals surface area contributed by atoms with Gasteiger partial charge in [-0.2, -0.15) is 0 Å². The average Bonchev–Trinajstić information content (AvgIpc) is 2.32. The first-order chi connectivity index (χ1) is 8.97. The number of benzene rings is 2. The lowest BCUT2D eigenvalue weighted by Gasteiger charge is -2.11. The van der Waals surface area contributed by atoms with Gasteiger partial charge in [-0.1, -0.05) is 29.3 Å². The lowest BCUT2D eigenvalue weighted by molar-refractivity contribution is 0.507. The molecule has 2 aromatic carbocycles. The maximum absolute atomic E-state index is 13.0. The summed E-state index contributed by atoms with van der Waals surface area (Å²) in [6.45, 7) is 0.264. The van der Waals surface area contributed by atoms with Crippen molar-refractivity contribution in [2.75, 3.05) is 11.1 Å². The Bertz CT molecular complexity index is 595. The van der Waals surface area contributed by atoms with Crippen LogP contribution in [0.15, 0.2) is 30.3 Å². The van der Waals surface area contributed by atoms with Gasteiger partial charge in [-0.25, -0.2) is 8.78 Å². The van der Waals surface area contributed by atoms with Gasteiger partial charge in [0.1, 0.15) is 0 Å². The molecular formula is C13H10Cl2F2N2. The lowest BCUT2D eigenvalue weighted by atomic mass is 10.2. The smallest absolute Gasteiger partial charge is 0.159 e. The maximum Gasteiger partial charge on any atom is 0.159 e. The molecule has 0 spiro atoms. The van der Waals surface area contributed by atoms with Crippen molar-refractivity contribution >= 4 is 34.6 Å². The molecule has 2 rings (SSSR count). The fourth-order valence-electron chi connectivity index (χ4n) is 1.60. The Labute approximate surface area is 119 Å². The van der Waals surface area contributed by atoms with E-state index in [1.165, 1.54) is 6.07 Å². The molecule has 0 aromatic heterocycles. The van der Waals surface area contributed by atoms with Crippen LogP contribution in [0.25, 0.3) is 0 Å². The molecule has 0 fully saturated rings.